The lowest BCUT2D eigenvalue weighted by Gasteiger charge is -2.12. The van der Waals surface area contributed by atoms with Crippen LogP contribution in [0, 0.1) is 5.82 Å². The Morgan fingerprint density at radius 1 is 1.50 bits per heavy atom. The summed E-state index contributed by atoms with van der Waals surface area (Å²) in [5, 5.41) is 0. The van der Waals surface area contributed by atoms with Crippen molar-refractivity contribution >= 4 is 15.9 Å². The molecule has 0 saturated heterocycles. The second-order valence-electron chi connectivity index (χ2n) is 4.27. The molecule has 0 spiro atoms. The maximum absolute atomic E-state index is 13.4. The molecule has 0 aliphatic heterocycles. The quantitative estimate of drug-likeness (QED) is 0.943. The molecule has 0 aliphatic carbocycles. The molecule has 0 radical (unpaired) electrons. The molecule has 0 bridgehead atoms. The first-order chi connectivity index (χ1) is 8.58. The summed E-state index contributed by atoms with van der Waals surface area (Å²) in [5.41, 5.74) is 6.87. The molecule has 0 fully saturated rings. The molecule has 2 rings (SSSR count). The second kappa shape index (κ2) is 5.63. The van der Waals surface area contributed by atoms with E-state index in [0.717, 1.165) is 24.2 Å². The standard InChI is InChI=1S/C13H15BrFN3/c1-18-7-6-17-13(18)5-4-12(16)9-2-3-10(14)11(15)8-9/h2-3,6-8,12H,4-5,16H2,1H3. The third kappa shape index (κ3) is 2.97. The Balaban J connectivity index is 2.01. The van der Waals surface area contributed by atoms with Crippen LogP contribution >= 0.6 is 15.9 Å². The summed E-state index contributed by atoms with van der Waals surface area (Å²) in [5.74, 6) is 0.711. The Morgan fingerprint density at radius 2 is 2.28 bits per heavy atom. The highest BCUT2D eigenvalue weighted by molar-refractivity contribution is 9.10. The summed E-state index contributed by atoms with van der Waals surface area (Å²) in [7, 11) is 1.95. The first-order valence-electron chi connectivity index (χ1n) is 5.74. The highest BCUT2D eigenvalue weighted by Crippen LogP contribution is 2.22. The molecule has 1 atom stereocenters. The van der Waals surface area contributed by atoms with E-state index in [9.17, 15) is 4.39 Å². The Hall–Kier alpha value is -1.20. The summed E-state index contributed by atoms with van der Waals surface area (Å²) in [4.78, 5) is 4.24. The Morgan fingerprint density at radius 3 is 2.89 bits per heavy atom. The Kier molecular flexibility index (Phi) is 4.14. The zero-order valence-corrected chi connectivity index (χ0v) is 11.7. The molecule has 18 heavy (non-hydrogen) atoms. The minimum atomic E-state index is -0.278. The lowest BCUT2D eigenvalue weighted by molar-refractivity contribution is 0.595. The number of hydrogen-bond acceptors (Lipinski definition) is 2. The van der Waals surface area contributed by atoms with Gasteiger partial charge in [0.15, 0.2) is 0 Å². The number of benzene rings is 1. The van der Waals surface area contributed by atoms with E-state index in [1.54, 1.807) is 12.3 Å². The van der Waals surface area contributed by atoms with Crippen molar-refractivity contribution in [3.8, 4) is 0 Å². The van der Waals surface area contributed by atoms with Gasteiger partial charge in [-0.25, -0.2) is 9.37 Å². The molecule has 2 aromatic rings. The van der Waals surface area contributed by atoms with Gasteiger partial charge in [-0.2, -0.15) is 0 Å². The average Bonchev–Trinajstić information content (AvgIpc) is 2.75. The molecule has 5 heteroatoms. The number of rotatable bonds is 4. The number of nitrogens with two attached hydrogens (primary N) is 1. The molecule has 1 unspecified atom stereocenters. The van der Waals surface area contributed by atoms with E-state index >= 15 is 0 Å². The number of hydrogen-bond donors (Lipinski definition) is 1. The summed E-state index contributed by atoms with van der Waals surface area (Å²) in [6.07, 6.45) is 5.19. The normalized spacial score (nSPS) is 12.7. The molecule has 1 aromatic carbocycles. The van der Waals surface area contributed by atoms with Crippen LogP contribution in [0.1, 0.15) is 23.9 Å². The van der Waals surface area contributed by atoms with Crippen LogP contribution in [-0.4, -0.2) is 9.55 Å². The third-order valence-corrected chi connectivity index (χ3v) is 3.61. The molecule has 0 aliphatic rings. The van der Waals surface area contributed by atoms with E-state index in [1.165, 1.54) is 6.07 Å². The lowest BCUT2D eigenvalue weighted by atomic mass is 10.0. The summed E-state index contributed by atoms with van der Waals surface area (Å²) < 4.78 is 15.8. The van der Waals surface area contributed by atoms with E-state index in [0.29, 0.717) is 4.47 Å². The molecule has 0 saturated carbocycles. The number of aromatic nitrogens is 2. The number of imidazole rings is 1. The SMILES string of the molecule is Cn1ccnc1CCC(N)c1ccc(Br)c(F)c1. The maximum Gasteiger partial charge on any atom is 0.137 e. The highest BCUT2D eigenvalue weighted by Gasteiger charge is 2.10. The molecular weight excluding hydrogens is 297 g/mol. The van der Waals surface area contributed by atoms with Crippen LogP contribution in [0.4, 0.5) is 4.39 Å². The first kappa shape index (κ1) is 13.2. The fourth-order valence-electron chi connectivity index (χ4n) is 1.83. The topological polar surface area (TPSA) is 43.8 Å². The largest absolute Gasteiger partial charge is 0.338 e. The van der Waals surface area contributed by atoms with Gasteiger partial charge >= 0.3 is 0 Å². The maximum atomic E-state index is 13.4. The van der Waals surface area contributed by atoms with Crippen LogP contribution in [0.15, 0.2) is 35.1 Å². The van der Waals surface area contributed by atoms with E-state index in [-0.39, 0.29) is 11.9 Å². The Labute approximate surface area is 114 Å². The molecule has 1 heterocycles. The predicted molar refractivity (Wildman–Crippen MR) is 72.6 cm³/mol. The van der Waals surface area contributed by atoms with Gasteiger partial charge < -0.3 is 10.3 Å². The van der Waals surface area contributed by atoms with E-state index in [2.05, 4.69) is 20.9 Å². The van der Waals surface area contributed by atoms with Gasteiger partial charge in [0.2, 0.25) is 0 Å². The van der Waals surface area contributed by atoms with Crippen molar-refractivity contribution in [3.05, 3.63) is 52.3 Å². The van der Waals surface area contributed by atoms with E-state index in [1.807, 2.05) is 23.9 Å². The van der Waals surface area contributed by atoms with Crippen LogP contribution < -0.4 is 5.73 Å². The van der Waals surface area contributed by atoms with Gasteiger partial charge in [0, 0.05) is 31.9 Å². The zero-order chi connectivity index (χ0) is 13.1. The zero-order valence-electron chi connectivity index (χ0n) is 10.1. The van der Waals surface area contributed by atoms with Crippen molar-refractivity contribution in [2.45, 2.75) is 18.9 Å². The fourth-order valence-corrected chi connectivity index (χ4v) is 2.08. The number of halogens is 2. The predicted octanol–water partition coefficient (Wildman–Crippen LogP) is 2.95. The summed E-state index contributed by atoms with van der Waals surface area (Å²) >= 11 is 3.13. The first-order valence-corrected chi connectivity index (χ1v) is 6.54. The van der Waals surface area contributed by atoms with Crippen molar-refractivity contribution in [1.29, 1.82) is 0 Å². The van der Waals surface area contributed by atoms with Gasteiger partial charge in [0.25, 0.3) is 0 Å². The molecule has 0 amide bonds. The van der Waals surface area contributed by atoms with Gasteiger partial charge in [-0.1, -0.05) is 6.07 Å². The van der Waals surface area contributed by atoms with Gasteiger partial charge in [-0.15, -0.1) is 0 Å². The minimum absolute atomic E-state index is 0.177. The fraction of sp³-hybridized carbons (Fsp3) is 0.308. The third-order valence-electron chi connectivity index (χ3n) is 2.97. The van der Waals surface area contributed by atoms with Crippen molar-refractivity contribution in [3.63, 3.8) is 0 Å². The average molecular weight is 312 g/mol. The number of nitrogens with zero attached hydrogens (tertiary/aromatic N) is 2. The van der Waals surface area contributed by atoms with Crippen LogP contribution in [0.25, 0.3) is 0 Å². The van der Waals surface area contributed by atoms with Crippen molar-refractivity contribution < 1.29 is 4.39 Å². The van der Waals surface area contributed by atoms with E-state index < -0.39 is 0 Å². The minimum Gasteiger partial charge on any atom is -0.338 e. The number of aryl methyl sites for hydroxylation is 2. The van der Waals surface area contributed by atoms with Crippen LogP contribution in [-0.2, 0) is 13.5 Å². The van der Waals surface area contributed by atoms with Crippen LogP contribution in [0.5, 0.6) is 0 Å². The van der Waals surface area contributed by atoms with E-state index in [4.69, 9.17) is 5.73 Å². The van der Waals surface area contributed by atoms with Gasteiger partial charge in [0.05, 0.1) is 4.47 Å². The summed E-state index contributed by atoms with van der Waals surface area (Å²) in [6.45, 7) is 0. The van der Waals surface area contributed by atoms with Gasteiger partial charge in [0.1, 0.15) is 11.6 Å². The molecular formula is C13H15BrFN3. The smallest absolute Gasteiger partial charge is 0.137 e. The molecule has 3 nitrogen and oxygen atoms in total. The lowest BCUT2D eigenvalue weighted by Crippen LogP contribution is -2.12. The molecule has 2 N–H and O–H groups in total. The van der Waals surface area contributed by atoms with Crippen LogP contribution in [0.2, 0.25) is 0 Å². The van der Waals surface area contributed by atoms with Gasteiger partial charge in [-0.3, -0.25) is 0 Å². The second-order valence-corrected chi connectivity index (χ2v) is 5.13. The highest BCUT2D eigenvalue weighted by atomic mass is 79.9. The molecule has 1 aromatic heterocycles. The van der Waals surface area contributed by atoms with Gasteiger partial charge in [-0.05, 0) is 40.0 Å². The monoisotopic (exact) mass is 311 g/mol. The Bertz CT molecular complexity index is 539. The van der Waals surface area contributed by atoms with Crippen molar-refractivity contribution in [2.75, 3.05) is 0 Å². The van der Waals surface area contributed by atoms with Crippen LogP contribution in [0.3, 0.4) is 0 Å². The summed E-state index contributed by atoms with van der Waals surface area (Å²) in [6, 6.07) is 4.83. The van der Waals surface area contributed by atoms with Crippen molar-refractivity contribution in [2.24, 2.45) is 12.8 Å². The van der Waals surface area contributed by atoms with Crippen molar-refractivity contribution in [1.82, 2.24) is 9.55 Å². The molecule has 96 valence electrons.